The van der Waals surface area contributed by atoms with Gasteiger partial charge >= 0.3 is 5.97 Å². The molecule has 0 aromatic rings. The Morgan fingerprint density at radius 2 is 2.44 bits per heavy atom. The highest BCUT2D eigenvalue weighted by molar-refractivity contribution is 5.82. The molecule has 0 aromatic carbocycles. The van der Waals surface area contributed by atoms with Crippen LogP contribution in [0.3, 0.4) is 0 Å². The first-order valence-electron chi connectivity index (χ1n) is 5.37. The summed E-state index contributed by atoms with van der Waals surface area (Å²) in [6.45, 7) is 6.29. The normalized spacial score (nSPS) is 26.5. The molecular weight excluding hydrogens is 208 g/mol. The van der Waals surface area contributed by atoms with Crippen LogP contribution >= 0.6 is 0 Å². The maximum Gasteiger partial charge on any atom is 0.334 e. The molecule has 0 unspecified atom stereocenters. The molecule has 1 fully saturated rings. The summed E-state index contributed by atoms with van der Waals surface area (Å²) in [5.41, 5.74) is 0. The van der Waals surface area contributed by atoms with E-state index in [2.05, 4.69) is 6.58 Å². The van der Waals surface area contributed by atoms with Crippen molar-refractivity contribution in [3.05, 3.63) is 24.5 Å². The highest BCUT2D eigenvalue weighted by Gasteiger charge is 2.33. The summed E-state index contributed by atoms with van der Waals surface area (Å²) in [6.07, 6.45) is 3.91. The molecule has 0 radical (unpaired) electrons. The zero-order valence-corrected chi connectivity index (χ0v) is 9.77. The van der Waals surface area contributed by atoms with Crippen LogP contribution < -0.4 is 0 Å². The van der Waals surface area contributed by atoms with Crippen LogP contribution in [0.15, 0.2) is 24.5 Å². The third-order valence-electron chi connectivity index (χ3n) is 2.50. The number of rotatable bonds is 5. The predicted octanol–water partition coefficient (Wildman–Crippen LogP) is 1.67. The molecule has 1 aliphatic heterocycles. The van der Waals surface area contributed by atoms with Gasteiger partial charge in [-0.3, -0.25) is 0 Å². The number of hydrogen-bond acceptors (Lipinski definition) is 4. The summed E-state index contributed by atoms with van der Waals surface area (Å²) in [5.74, 6) is 0.320. The third-order valence-corrected chi connectivity index (χ3v) is 2.50. The second-order valence-electron chi connectivity index (χ2n) is 3.51. The van der Waals surface area contributed by atoms with Crippen molar-refractivity contribution in [3.63, 3.8) is 0 Å². The zero-order valence-electron chi connectivity index (χ0n) is 9.77. The van der Waals surface area contributed by atoms with Crippen molar-refractivity contribution in [1.29, 1.82) is 0 Å². The topological polar surface area (TPSA) is 44.8 Å². The van der Waals surface area contributed by atoms with E-state index in [1.165, 1.54) is 6.08 Å². The van der Waals surface area contributed by atoms with Gasteiger partial charge in [0.25, 0.3) is 0 Å². The van der Waals surface area contributed by atoms with Gasteiger partial charge in [-0.1, -0.05) is 6.08 Å². The number of esters is 1. The van der Waals surface area contributed by atoms with Gasteiger partial charge in [0.05, 0.1) is 12.7 Å². The van der Waals surface area contributed by atoms with Crippen molar-refractivity contribution in [2.24, 2.45) is 5.92 Å². The second-order valence-corrected chi connectivity index (χ2v) is 3.51. The maximum absolute atomic E-state index is 11.3. The van der Waals surface area contributed by atoms with Gasteiger partial charge in [0.1, 0.15) is 18.5 Å². The van der Waals surface area contributed by atoms with Crippen molar-refractivity contribution < 1.29 is 19.0 Å². The van der Waals surface area contributed by atoms with Crippen LogP contribution in [0.2, 0.25) is 0 Å². The lowest BCUT2D eigenvalue weighted by Gasteiger charge is -2.13. The van der Waals surface area contributed by atoms with Crippen molar-refractivity contribution >= 4 is 5.97 Å². The number of carbonyl (C=O) groups is 1. The fourth-order valence-electron chi connectivity index (χ4n) is 1.71. The van der Waals surface area contributed by atoms with E-state index in [-0.39, 0.29) is 18.0 Å². The Hall–Kier alpha value is -1.29. The average molecular weight is 226 g/mol. The van der Waals surface area contributed by atoms with E-state index < -0.39 is 0 Å². The Bertz CT molecular complexity index is 283. The lowest BCUT2D eigenvalue weighted by Crippen LogP contribution is -2.19. The lowest BCUT2D eigenvalue weighted by molar-refractivity contribution is -0.137. The Labute approximate surface area is 95.9 Å². The second kappa shape index (κ2) is 6.33. The largest absolute Gasteiger partial charge is 0.495 e. The fourth-order valence-corrected chi connectivity index (χ4v) is 1.71. The van der Waals surface area contributed by atoms with Crippen LogP contribution in [0.25, 0.3) is 0 Å². The fraction of sp³-hybridized carbons (Fsp3) is 0.583. The molecule has 1 aliphatic rings. The monoisotopic (exact) mass is 226 g/mol. The summed E-state index contributed by atoms with van der Waals surface area (Å²) in [4.78, 5) is 11.3. The predicted molar refractivity (Wildman–Crippen MR) is 59.8 cm³/mol. The number of hydrogen-bond donors (Lipinski definition) is 0. The van der Waals surface area contributed by atoms with Crippen molar-refractivity contribution in [2.75, 3.05) is 20.3 Å². The lowest BCUT2D eigenvalue weighted by atomic mass is 9.99. The number of ether oxygens (including phenoxy) is 3. The summed E-state index contributed by atoms with van der Waals surface area (Å²) in [6, 6.07) is 0. The Morgan fingerprint density at radius 1 is 1.69 bits per heavy atom. The number of allylic oxidation sites excluding steroid dienone is 1. The van der Waals surface area contributed by atoms with E-state index in [9.17, 15) is 4.79 Å². The van der Waals surface area contributed by atoms with E-state index in [0.717, 1.165) is 6.42 Å². The zero-order chi connectivity index (χ0) is 12.0. The van der Waals surface area contributed by atoms with Gasteiger partial charge in [-0.25, -0.2) is 4.79 Å². The summed E-state index contributed by atoms with van der Waals surface area (Å²) >= 11 is 0. The first-order chi connectivity index (χ1) is 7.72. The van der Waals surface area contributed by atoms with Gasteiger partial charge in [-0.2, -0.15) is 0 Å². The van der Waals surface area contributed by atoms with Gasteiger partial charge in [0.15, 0.2) is 0 Å². The van der Waals surface area contributed by atoms with Gasteiger partial charge in [0, 0.05) is 13.0 Å². The Morgan fingerprint density at radius 3 is 3.00 bits per heavy atom. The van der Waals surface area contributed by atoms with Gasteiger partial charge in [0.2, 0.25) is 0 Å². The molecule has 0 spiro atoms. The molecule has 0 aromatic heterocycles. The summed E-state index contributed by atoms with van der Waals surface area (Å²) < 4.78 is 15.5. The highest BCUT2D eigenvalue weighted by atomic mass is 16.5. The van der Waals surface area contributed by atoms with E-state index in [1.54, 1.807) is 20.1 Å². The first-order valence-corrected chi connectivity index (χ1v) is 5.37. The summed E-state index contributed by atoms with van der Waals surface area (Å²) in [7, 11) is 1.64. The van der Waals surface area contributed by atoms with Crippen molar-refractivity contribution in [1.82, 2.24) is 0 Å². The maximum atomic E-state index is 11.3. The molecule has 2 atom stereocenters. The SMILES string of the molecule is C=CC[C@@H]1/C(=C\C(=O)OCC)OC[C@H]1OC. The highest BCUT2D eigenvalue weighted by Crippen LogP contribution is 2.30. The first kappa shape index (κ1) is 12.8. The third kappa shape index (κ3) is 3.10. The van der Waals surface area contributed by atoms with Crippen molar-refractivity contribution in [2.45, 2.75) is 19.4 Å². The van der Waals surface area contributed by atoms with E-state index >= 15 is 0 Å². The molecule has 1 heterocycles. The van der Waals surface area contributed by atoms with E-state index in [0.29, 0.717) is 19.0 Å². The van der Waals surface area contributed by atoms with Gasteiger partial charge in [-0.15, -0.1) is 6.58 Å². The van der Waals surface area contributed by atoms with Crippen LogP contribution in [-0.2, 0) is 19.0 Å². The number of methoxy groups -OCH3 is 1. The standard InChI is InChI=1S/C12H18O4/c1-4-6-9-10(7-12(13)15-5-2)16-8-11(9)14-3/h4,7,9,11H,1,5-6,8H2,2-3H3/b10-7+/t9-,11-/m1/s1. The molecular formula is C12H18O4. The minimum atomic E-state index is -0.372. The number of carbonyl (C=O) groups excluding carboxylic acids is 1. The molecule has 0 N–H and O–H groups in total. The van der Waals surface area contributed by atoms with Crippen LogP contribution in [0.1, 0.15) is 13.3 Å². The quantitative estimate of drug-likeness (QED) is 0.406. The van der Waals surface area contributed by atoms with Gasteiger partial charge < -0.3 is 14.2 Å². The van der Waals surface area contributed by atoms with Crippen molar-refractivity contribution in [3.8, 4) is 0 Å². The molecule has 0 saturated carbocycles. The smallest absolute Gasteiger partial charge is 0.334 e. The molecule has 4 nitrogen and oxygen atoms in total. The van der Waals surface area contributed by atoms with E-state index in [1.807, 2.05) is 0 Å². The minimum Gasteiger partial charge on any atom is -0.495 e. The van der Waals surface area contributed by atoms with Crippen LogP contribution in [0.5, 0.6) is 0 Å². The molecule has 0 bridgehead atoms. The molecule has 16 heavy (non-hydrogen) atoms. The molecule has 0 aliphatic carbocycles. The Kier molecular flexibility index (Phi) is 5.05. The van der Waals surface area contributed by atoms with E-state index in [4.69, 9.17) is 14.2 Å². The molecule has 4 heteroatoms. The molecule has 1 saturated heterocycles. The average Bonchev–Trinajstić information content (AvgIpc) is 2.62. The minimum absolute atomic E-state index is 0.0151. The molecule has 0 amide bonds. The Balaban J connectivity index is 2.71. The van der Waals surface area contributed by atoms with Crippen LogP contribution in [-0.4, -0.2) is 32.4 Å². The molecule has 1 rings (SSSR count). The van der Waals surface area contributed by atoms with Crippen LogP contribution in [0.4, 0.5) is 0 Å². The van der Waals surface area contributed by atoms with Gasteiger partial charge in [-0.05, 0) is 13.3 Å². The van der Waals surface area contributed by atoms with Crippen LogP contribution in [0, 0.1) is 5.92 Å². The summed E-state index contributed by atoms with van der Waals surface area (Å²) in [5, 5.41) is 0. The molecule has 90 valence electrons.